The van der Waals surface area contributed by atoms with Gasteiger partial charge in [0.1, 0.15) is 0 Å². The van der Waals surface area contributed by atoms with Crippen LogP contribution in [0.25, 0.3) is 0 Å². The summed E-state index contributed by atoms with van der Waals surface area (Å²) < 4.78 is 0. The van der Waals surface area contributed by atoms with Gasteiger partial charge in [-0.2, -0.15) is 0 Å². The molecule has 0 aromatic rings. The third-order valence-electron chi connectivity index (χ3n) is 3.86. The summed E-state index contributed by atoms with van der Waals surface area (Å²) >= 11 is 0. The fraction of sp³-hybridized carbons (Fsp3) is 0.750. The van der Waals surface area contributed by atoms with Crippen LogP contribution in [0, 0.1) is 16.7 Å². The summed E-state index contributed by atoms with van der Waals surface area (Å²) in [6, 6.07) is 0. The Kier molecular flexibility index (Phi) is 3.72. The Morgan fingerprint density at radius 3 is 2.38 bits per heavy atom. The number of rotatable bonds is 3. The maximum absolute atomic E-state index is 4.36. The first kappa shape index (κ1) is 13.5. The quantitative estimate of drug-likeness (QED) is 0.562. The lowest BCUT2D eigenvalue weighted by molar-refractivity contribution is 0.121. The summed E-state index contributed by atoms with van der Waals surface area (Å²) in [5, 5.41) is 0. The van der Waals surface area contributed by atoms with Crippen molar-refractivity contribution in [2.24, 2.45) is 16.7 Å². The molecule has 0 saturated carbocycles. The average Bonchev–Trinajstić information content (AvgIpc) is 1.96. The van der Waals surface area contributed by atoms with Gasteiger partial charge in [0.15, 0.2) is 0 Å². The zero-order valence-electron chi connectivity index (χ0n) is 12.0. The van der Waals surface area contributed by atoms with E-state index >= 15 is 0 Å². The molecule has 1 aliphatic rings. The summed E-state index contributed by atoms with van der Waals surface area (Å²) in [6.07, 6.45) is 6.06. The molecule has 1 atom stereocenters. The molecule has 92 valence electrons. The Labute approximate surface area is 102 Å². The molecule has 0 heteroatoms. The normalized spacial score (nSPS) is 27.4. The third kappa shape index (κ3) is 2.59. The highest BCUT2D eigenvalue weighted by atomic mass is 14.5. The molecule has 0 fully saturated rings. The maximum atomic E-state index is 4.36. The predicted octanol–water partition coefficient (Wildman–Crippen LogP) is 5.36. The van der Waals surface area contributed by atoms with Crippen LogP contribution in [-0.2, 0) is 0 Å². The predicted molar refractivity (Wildman–Crippen MR) is 73.5 cm³/mol. The Hall–Kier alpha value is -0.520. The van der Waals surface area contributed by atoms with Gasteiger partial charge >= 0.3 is 0 Å². The smallest absolute Gasteiger partial charge is 0.00655 e. The van der Waals surface area contributed by atoms with E-state index in [1.807, 2.05) is 0 Å². The van der Waals surface area contributed by atoms with Gasteiger partial charge in [-0.25, -0.2) is 0 Å². The van der Waals surface area contributed by atoms with Crippen molar-refractivity contribution in [3.63, 3.8) is 0 Å². The minimum absolute atomic E-state index is 0.262. The van der Waals surface area contributed by atoms with Crippen LogP contribution < -0.4 is 0 Å². The first-order valence-corrected chi connectivity index (χ1v) is 6.56. The summed E-state index contributed by atoms with van der Waals surface area (Å²) in [4.78, 5) is 0. The summed E-state index contributed by atoms with van der Waals surface area (Å²) in [5.41, 5.74) is 3.60. The first-order chi connectivity index (χ1) is 7.20. The van der Waals surface area contributed by atoms with Crippen LogP contribution >= 0.6 is 0 Å². The summed E-state index contributed by atoms with van der Waals surface area (Å²) in [6.45, 7) is 18.4. The Morgan fingerprint density at radius 1 is 1.38 bits per heavy atom. The van der Waals surface area contributed by atoms with Crippen LogP contribution in [0.15, 0.2) is 23.8 Å². The minimum atomic E-state index is 0.262. The molecular formula is C16H28. The summed E-state index contributed by atoms with van der Waals surface area (Å²) in [7, 11) is 0. The van der Waals surface area contributed by atoms with E-state index < -0.39 is 0 Å². The number of hydrogen-bond donors (Lipinski definition) is 0. The molecule has 1 unspecified atom stereocenters. The zero-order chi connectivity index (χ0) is 12.6. The molecule has 0 saturated heterocycles. The lowest BCUT2D eigenvalue weighted by Gasteiger charge is -2.49. The van der Waals surface area contributed by atoms with Crippen molar-refractivity contribution in [2.75, 3.05) is 0 Å². The van der Waals surface area contributed by atoms with Crippen LogP contribution in [0.1, 0.15) is 60.8 Å². The highest BCUT2D eigenvalue weighted by Gasteiger charge is 2.43. The molecule has 0 aromatic carbocycles. The van der Waals surface area contributed by atoms with Crippen LogP contribution in [0.3, 0.4) is 0 Å². The van der Waals surface area contributed by atoms with Gasteiger partial charge in [-0.3, -0.25) is 0 Å². The Balaban J connectivity index is 3.08. The standard InChI is InChI=1S/C16H28/c1-8-9-13(3)14-15(4,5)10-12(2)11-16(14,6)7/h10,14H,3,8-9,11H2,1-2,4-7H3. The van der Waals surface area contributed by atoms with Crippen molar-refractivity contribution in [1.82, 2.24) is 0 Å². The Morgan fingerprint density at radius 2 is 1.94 bits per heavy atom. The largest absolute Gasteiger partial charge is 0.0995 e. The van der Waals surface area contributed by atoms with Gasteiger partial charge in [-0.15, -0.1) is 0 Å². The molecule has 0 spiro atoms. The van der Waals surface area contributed by atoms with Crippen molar-refractivity contribution in [3.8, 4) is 0 Å². The van der Waals surface area contributed by atoms with Gasteiger partial charge < -0.3 is 0 Å². The van der Waals surface area contributed by atoms with Crippen molar-refractivity contribution >= 4 is 0 Å². The fourth-order valence-corrected chi connectivity index (χ4v) is 4.14. The van der Waals surface area contributed by atoms with E-state index in [0.29, 0.717) is 11.3 Å². The molecule has 16 heavy (non-hydrogen) atoms. The van der Waals surface area contributed by atoms with Gasteiger partial charge in [0, 0.05) is 0 Å². The van der Waals surface area contributed by atoms with E-state index in [1.165, 1.54) is 30.4 Å². The van der Waals surface area contributed by atoms with Crippen molar-refractivity contribution in [1.29, 1.82) is 0 Å². The van der Waals surface area contributed by atoms with E-state index in [1.54, 1.807) is 0 Å². The molecule has 1 aliphatic carbocycles. The third-order valence-corrected chi connectivity index (χ3v) is 3.86. The van der Waals surface area contributed by atoms with Gasteiger partial charge in [0.2, 0.25) is 0 Å². The van der Waals surface area contributed by atoms with Crippen molar-refractivity contribution < 1.29 is 0 Å². The molecule has 0 nitrogen and oxygen atoms in total. The second-order valence-electron chi connectivity index (χ2n) is 6.82. The number of hydrogen-bond acceptors (Lipinski definition) is 0. The van der Waals surface area contributed by atoms with Crippen molar-refractivity contribution in [3.05, 3.63) is 23.8 Å². The molecule has 1 rings (SSSR count). The molecule has 0 N–H and O–H groups in total. The van der Waals surface area contributed by atoms with Crippen LogP contribution in [0.2, 0.25) is 0 Å². The Bertz CT molecular complexity index is 302. The average molecular weight is 220 g/mol. The minimum Gasteiger partial charge on any atom is -0.0995 e. The van der Waals surface area contributed by atoms with E-state index in [-0.39, 0.29) is 5.41 Å². The SMILES string of the molecule is C=C(CCC)C1C(C)(C)C=C(C)CC1(C)C. The monoisotopic (exact) mass is 220 g/mol. The van der Waals surface area contributed by atoms with Crippen molar-refractivity contribution in [2.45, 2.75) is 60.8 Å². The fourth-order valence-electron chi connectivity index (χ4n) is 4.14. The number of allylic oxidation sites excluding steroid dienone is 3. The van der Waals surface area contributed by atoms with E-state index in [0.717, 1.165) is 0 Å². The van der Waals surface area contributed by atoms with E-state index in [9.17, 15) is 0 Å². The molecular weight excluding hydrogens is 192 g/mol. The first-order valence-electron chi connectivity index (χ1n) is 6.56. The zero-order valence-corrected chi connectivity index (χ0v) is 12.0. The van der Waals surface area contributed by atoms with Gasteiger partial charge in [-0.05, 0) is 36.5 Å². The highest BCUT2D eigenvalue weighted by Crippen LogP contribution is 2.53. The molecule has 0 aliphatic heterocycles. The second-order valence-corrected chi connectivity index (χ2v) is 6.82. The van der Waals surface area contributed by atoms with Crippen LogP contribution in [-0.4, -0.2) is 0 Å². The van der Waals surface area contributed by atoms with E-state index in [4.69, 9.17) is 0 Å². The van der Waals surface area contributed by atoms with E-state index in [2.05, 4.69) is 54.2 Å². The summed E-state index contributed by atoms with van der Waals surface area (Å²) in [5.74, 6) is 0.614. The van der Waals surface area contributed by atoms with Crippen LogP contribution in [0.4, 0.5) is 0 Å². The lowest BCUT2D eigenvalue weighted by Crippen LogP contribution is -2.40. The van der Waals surface area contributed by atoms with Gasteiger partial charge in [0.25, 0.3) is 0 Å². The molecule has 0 bridgehead atoms. The van der Waals surface area contributed by atoms with Gasteiger partial charge in [0.05, 0.1) is 0 Å². The maximum Gasteiger partial charge on any atom is -0.00655 e. The highest BCUT2D eigenvalue weighted by molar-refractivity contribution is 5.23. The molecule has 0 radical (unpaired) electrons. The molecule has 0 amide bonds. The molecule has 0 aromatic heterocycles. The lowest BCUT2D eigenvalue weighted by atomic mass is 9.56. The topological polar surface area (TPSA) is 0 Å². The molecule has 0 heterocycles. The van der Waals surface area contributed by atoms with Crippen LogP contribution in [0.5, 0.6) is 0 Å². The van der Waals surface area contributed by atoms with Gasteiger partial charge in [-0.1, -0.05) is 64.8 Å². The second kappa shape index (κ2) is 4.39.